The number of carbonyl (C=O) groups is 1. The smallest absolute Gasteiger partial charge is 0.220 e. The number of benzene rings is 1. The van der Waals surface area contributed by atoms with Crippen molar-refractivity contribution in [2.45, 2.75) is 52.5 Å². The standard InChI is InChI=1S/C18H28N2O/c1-13-10-14(2)12-17(11-13)15(3)20-18(21)5-4-16-6-8-19-9-7-16/h10-12,15-16,19H,4-9H2,1-3H3,(H,20,21). The normalized spacial score (nSPS) is 17.5. The van der Waals surface area contributed by atoms with Crippen LogP contribution in [0.3, 0.4) is 0 Å². The lowest BCUT2D eigenvalue weighted by molar-refractivity contribution is -0.122. The maximum Gasteiger partial charge on any atom is 0.220 e. The Morgan fingerprint density at radius 2 is 1.86 bits per heavy atom. The lowest BCUT2D eigenvalue weighted by Gasteiger charge is -2.22. The number of nitrogens with one attached hydrogen (secondary N) is 2. The van der Waals surface area contributed by atoms with Crippen molar-refractivity contribution in [2.24, 2.45) is 5.92 Å². The van der Waals surface area contributed by atoms with E-state index in [0.29, 0.717) is 12.3 Å². The molecule has 1 aromatic carbocycles. The molecule has 1 fully saturated rings. The van der Waals surface area contributed by atoms with E-state index in [0.717, 1.165) is 19.5 Å². The predicted molar refractivity (Wildman–Crippen MR) is 87.3 cm³/mol. The molecule has 1 aliphatic heterocycles. The van der Waals surface area contributed by atoms with Crippen molar-refractivity contribution in [3.63, 3.8) is 0 Å². The second-order valence-electron chi connectivity index (χ2n) is 6.44. The molecule has 0 spiro atoms. The van der Waals surface area contributed by atoms with E-state index < -0.39 is 0 Å². The van der Waals surface area contributed by atoms with E-state index in [2.05, 4.69) is 49.6 Å². The van der Waals surface area contributed by atoms with Crippen LogP contribution in [-0.4, -0.2) is 19.0 Å². The molecule has 1 saturated heterocycles. The van der Waals surface area contributed by atoms with Gasteiger partial charge in [-0.3, -0.25) is 4.79 Å². The van der Waals surface area contributed by atoms with E-state index in [9.17, 15) is 4.79 Å². The molecule has 0 saturated carbocycles. The maximum absolute atomic E-state index is 12.1. The number of amides is 1. The largest absolute Gasteiger partial charge is 0.350 e. The third-order valence-electron chi connectivity index (χ3n) is 4.36. The summed E-state index contributed by atoms with van der Waals surface area (Å²) in [6.45, 7) is 8.47. The van der Waals surface area contributed by atoms with Gasteiger partial charge in [0, 0.05) is 6.42 Å². The highest BCUT2D eigenvalue weighted by atomic mass is 16.1. The molecule has 21 heavy (non-hydrogen) atoms. The molecule has 1 heterocycles. The summed E-state index contributed by atoms with van der Waals surface area (Å²) < 4.78 is 0. The summed E-state index contributed by atoms with van der Waals surface area (Å²) in [4.78, 5) is 12.1. The van der Waals surface area contributed by atoms with Crippen molar-refractivity contribution in [1.29, 1.82) is 0 Å². The number of hydrogen-bond acceptors (Lipinski definition) is 2. The second-order valence-corrected chi connectivity index (χ2v) is 6.44. The summed E-state index contributed by atoms with van der Waals surface area (Å²) in [7, 11) is 0. The SMILES string of the molecule is Cc1cc(C)cc(C(C)NC(=O)CCC2CCNCC2)c1. The van der Waals surface area contributed by atoms with Crippen LogP contribution in [0.15, 0.2) is 18.2 Å². The summed E-state index contributed by atoms with van der Waals surface area (Å²) in [6.07, 6.45) is 4.09. The van der Waals surface area contributed by atoms with Gasteiger partial charge < -0.3 is 10.6 Å². The fourth-order valence-corrected chi connectivity index (χ4v) is 3.16. The number of rotatable bonds is 5. The summed E-state index contributed by atoms with van der Waals surface area (Å²) in [5.41, 5.74) is 3.70. The van der Waals surface area contributed by atoms with Crippen molar-refractivity contribution >= 4 is 5.91 Å². The molecule has 1 aromatic rings. The zero-order valence-electron chi connectivity index (χ0n) is 13.5. The molecule has 116 valence electrons. The van der Waals surface area contributed by atoms with Gasteiger partial charge in [0.1, 0.15) is 0 Å². The van der Waals surface area contributed by atoms with Crippen LogP contribution in [0.4, 0.5) is 0 Å². The highest BCUT2D eigenvalue weighted by Gasteiger charge is 2.16. The average Bonchev–Trinajstić information content (AvgIpc) is 2.45. The average molecular weight is 288 g/mol. The summed E-state index contributed by atoms with van der Waals surface area (Å²) in [6, 6.07) is 6.56. The maximum atomic E-state index is 12.1. The molecule has 1 amide bonds. The lowest BCUT2D eigenvalue weighted by atomic mass is 9.93. The zero-order valence-corrected chi connectivity index (χ0v) is 13.5. The van der Waals surface area contributed by atoms with Crippen molar-refractivity contribution in [2.75, 3.05) is 13.1 Å². The fourth-order valence-electron chi connectivity index (χ4n) is 3.16. The Hall–Kier alpha value is -1.35. The van der Waals surface area contributed by atoms with Crippen LogP contribution in [0, 0.1) is 19.8 Å². The van der Waals surface area contributed by atoms with Gasteiger partial charge in [0.15, 0.2) is 0 Å². The van der Waals surface area contributed by atoms with E-state index in [1.165, 1.54) is 29.5 Å². The van der Waals surface area contributed by atoms with Crippen LogP contribution < -0.4 is 10.6 Å². The minimum Gasteiger partial charge on any atom is -0.350 e. The Kier molecular flexibility index (Phi) is 5.80. The summed E-state index contributed by atoms with van der Waals surface area (Å²) in [5, 5.41) is 6.50. The Morgan fingerprint density at radius 1 is 1.24 bits per heavy atom. The highest BCUT2D eigenvalue weighted by molar-refractivity contribution is 5.76. The fraction of sp³-hybridized carbons (Fsp3) is 0.611. The molecule has 1 aliphatic rings. The predicted octanol–water partition coefficient (Wildman–Crippen LogP) is 3.26. The van der Waals surface area contributed by atoms with Gasteiger partial charge in [0.05, 0.1) is 6.04 Å². The molecule has 2 rings (SSSR count). The van der Waals surface area contributed by atoms with Gasteiger partial charge in [-0.15, -0.1) is 0 Å². The topological polar surface area (TPSA) is 41.1 Å². The first-order valence-corrected chi connectivity index (χ1v) is 8.13. The molecule has 3 nitrogen and oxygen atoms in total. The molecule has 0 aliphatic carbocycles. The van der Waals surface area contributed by atoms with Crippen molar-refractivity contribution in [3.8, 4) is 0 Å². The molecule has 0 radical (unpaired) electrons. The molecular formula is C18H28N2O. The summed E-state index contributed by atoms with van der Waals surface area (Å²) in [5.74, 6) is 0.897. The molecule has 3 heteroatoms. The third-order valence-corrected chi connectivity index (χ3v) is 4.36. The van der Waals surface area contributed by atoms with Crippen LogP contribution in [0.25, 0.3) is 0 Å². The van der Waals surface area contributed by atoms with Crippen LogP contribution in [0.1, 0.15) is 55.3 Å². The number of hydrogen-bond donors (Lipinski definition) is 2. The monoisotopic (exact) mass is 288 g/mol. The minimum atomic E-state index is 0.0872. The quantitative estimate of drug-likeness (QED) is 0.873. The van der Waals surface area contributed by atoms with Gasteiger partial charge in [-0.2, -0.15) is 0 Å². The minimum absolute atomic E-state index is 0.0872. The van der Waals surface area contributed by atoms with Crippen LogP contribution >= 0.6 is 0 Å². The lowest BCUT2D eigenvalue weighted by Crippen LogP contribution is -2.30. The number of piperidine rings is 1. The van der Waals surface area contributed by atoms with Gasteiger partial charge in [0.2, 0.25) is 5.91 Å². The molecular weight excluding hydrogens is 260 g/mol. The van der Waals surface area contributed by atoms with Gasteiger partial charge in [-0.25, -0.2) is 0 Å². The van der Waals surface area contributed by atoms with Crippen molar-refractivity contribution in [3.05, 3.63) is 34.9 Å². The first-order valence-electron chi connectivity index (χ1n) is 8.13. The molecule has 0 aromatic heterocycles. The van der Waals surface area contributed by atoms with Gasteiger partial charge >= 0.3 is 0 Å². The number of carbonyl (C=O) groups excluding carboxylic acids is 1. The van der Waals surface area contributed by atoms with Crippen LogP contribution in [0.2, 0.25) is 0 Å². The van der Waals surface area contributed by atoms with E-state index >= 15 is 0 Å². The Labute approximate surface area is 128 Å². The first kappa shape index (κ1) is 16.0. The van der Waals surface area contributed by atoms with Gasteiger partial charge in [-0.1, -0.05) is 29.3 Å². The van der Waals surface area contributed by atoms with Crippen LogP contribution in [-0.2, 0) is 4.79 Å². The Bertz CT molecular complexity index is 458. The molecule has 0 bridgehead atoms. The van der Waals surface area contributed by atoms with E-state index in [1.807, 2.05) is 0 Å². The first-order chi connectivity index (χ1) is 10.0. The second kappa shape index (κ2) is 7.60. The Balaban J connectivity index is 1.81. The van der Waals surface area contributed by atoms with E-state index in [1.54, 1.807) is 0 Å². The zero-order chi connectivity index (χ0) is 15.2. The Morgan fingerprint density at radius 3 is 2.48 bits per heavy atom. The summed E-state index contributed by atoms with van der Waals surface area (Å²) >= 11 is 0. The van der Waals surface area contributed by atoms with Crippen LogP contribution in [0.5, 0.6) is 0 Å². The van der Waals surface area contributed by atoms with Gasteiger partial charge in [0.25, 0.3) is 0 Å². The molecule has 1 atom stereocenters. The third kappa shape index (κ3) is 5.16. The number of aryl methyl sites for hydroxylation is 2. The molecule has 2 N–H and O–H groups in total. The van der Waals surface area contributed by atoms with E-state index in [-0.39, 0.29) is 11.9 Å². The van der Waals surface area contributed by atoms with Crippen molar-refractivity contribution in [1.82, 2.24) is 10.6 Å². The van der Waals surface area contributed by atoms with E-state index in [4.69, 9.17) is 0 Å². The van der Waals surface area contributed by atoms with Crippen molar-refractivity contribution < 1.29 is 4.79 Å². The molecule has 1 unspecified atom stereocenters. The van der Waals surface area contributed by atoms with Gasteiger partial charge in [-0.05, 0) is 64.6 Å². The highest BCUT2D eigenvalue weighted by Crippen LogP contribution is 2.19.